The molecule has 0 aliphatic carbocycles. The van der Waals surface area contributed by atoms with E-state index in [-0.39, 0.29) is 17.2 Å². The highest BCUT2D eigenvalue weighted by atomic mass is 32.2. The van der Waals surface area contributed by atoms with Crippen molar-refractivity contribution >= 4 is 15.7 Å². The highest BCUT2D eigenvalue weighted by molar-refractivity contribution is 7.89. The van der Waals surface area contributed by atoms with E-state index in [9.17, 15) is 12.8 Å². The van der Waals surface area contributed by atoms with E-state index in [4.69, 9.17) is 10.8 Å². The van der Waals surface area contributed by atoms with Gasteiger partial charge in [0.25, 0.3) is 0 Å². The molecule has 1 unspecified atom stereocenters. The summed E-state index contributed by atoms with van der Waals surface area (Å²) in [6.45, 7) is 0.105. The van der Waals surface area contributed by atoms with Crippen molar-refractivity contribution in [2.24, 2.45) is 0 Å². The molecule has 7 heteroatoms. The van der Waals surface area contributed by atoms with Crippen molar-refractivity contribution in [1.29, 1.82) is 0 Å². The Labute approximate surface area is 105 Å². The Balaban J connectivity index is 2.41. The fourth-order valence-electron chi connectivity index (χ4n) is 2.18. The van der Waals surface area contributed by atoms with Crippen LogP contribution in [0.1, 0.15) is 12.8 Å². The smallest absolute Gasteiger partial charge is 0.243 e. The first kappa shape index (κ1) is 13.3. The zero-order valence-corrected chi connectivity index (χ0v) is 10.5. The summed E-state index contributed by atoms with van der Waals surface area (Å²) >= 11 is 0. The van der Waals surface area contributed by atoms with E-state index >= 15 is 0 Å². The first-order valence-electron chi connectivity index (χ1n) is 5.64. The topological polar surface area (TPSA) is 83.6 Å². The van der Waals surface area contributed by atoms with Crippen LogP contribution in [0.4, 0.5) is 10.1 Å². The number of nitrogens with two attached hydrogens (primary N) is 1. The minimum atomic E-state index is -3.79. The van der Waals surface area contributed by atoms with E-state index in [1.165, 1.54) is 10.4 Å². The van der Waals surface area contributed by atoms with Crippen molar-refractivity contribution in [3.63, 3.8) is 0 Å². The van der Waals surface area contributed by atoms with Crippen LogP contribution >= 0.6 is 0 Å². The summed E-state index contributed by atoms with van der Waals surface area (Å²) in [5, 5.41) is 9.15. The molecule has 0 aromatic heterocycles. The summed E-state index contributed by atoms with van der Waals surface area (Å²) in [7, 11) is -3.79. The Hall–Kier alpha value is -1.18. The summed E-state index contributed by atoms with van der Waals surface area (Å²) in [6, 6.07) is 2.80. The molecule has 1 atom stereocenters. The van der Waals surface area contributed by atoms with E-state index in [0.29, 0.717) is 19.4 Å². The number of nitrogen functional groups attached to an aromatic ring is 1. The molecular weight excluding hydrogens is 259 g/mol. The van der Waals surface area contributed by atoms with Crippen molar-refractivity contribution in [1.82, 2.24) is 4.31 Å². The molecule has 0 saturated carbocycles. The number of sulfonamides is 1. The van der Waals surface area contributed by atoms with Crippen LogP contribution in [0.5, 0.6) is 0 Å². The predicted molar refractivity (Wildman–Crippen MR) is 64.8 cm³/mol. The van der Waals surface area contributed by atoms with Crippen molar-refractivity contribution in [3.05, 3.63) is 24.0 Å². The van der Waals surface area contributed by atoms with Gasteiger partial charge in [0, 0.05) is 18.3 Å². The lowest BCUT2D eigenvalue weighted by Gasteiger charge is -2.22. The minimum Gasteiger partial charge on any atom is -0.399 e. The van der Waals surface area contributed by atoms with Crippen molar-refractivity contribution in [2.75, 3.05) is 18.9 Å². The quantitative estimate of drug-likeness (QED) is 0.789. The second-order valence-corrected chi connectivity index (χ2v) is 6.21. The molecule has 1 aromatic carbocycles. The number of halogens is 1. The van der Waals surface area contributed by atoms with Crippen LogP contribution in [0.3, 0.4) is 0 Å². The lowest BCUT2D eigenvalue weighted by molar-refractivity contribution is 0.213. The third kappa shape index (κ3) is 2.33. The lowest BCUT2D eigenvalue weighted by Crippen LogP contribution is -2.37. The van der Waals surface area contributed by atoms with Gasteiger partial charge in [-0.25, -0.2) is 12.8 Å². The maximum Gasteiger partial charge on any atom is 0.243 e. The highest BCUT2D eigenvalue weighted by Gasteiger charge is 2.35. The number of nitrogens with zero attached hydrogens (tertiary/aromatic N) is 1. The van der Waals surface area contributed by atoms with Crippen LogP contribution in [-0.4, -0.2) is 37.0 Å². The number of aliphatic hydroxyl groups is 1. The molecule has 18 heavy (non-hydrogen) atoms. The molecule has 2 rings (SSSR count). The van der Waals surface area contributed by atoms with Gasteiger partial charge in [0.05, 0.1) is 11.5 Å². The predicted octanol–water partition coefficient (Wildman–Crippen LogP) is 0.553. The molecule has 1 aliphatic heterocycles. The molecule has 3 N–H and O–H groups in total. The second kappa shape index (κ2) is 4.83. The Bertz CT molecular complexity index is 527. The van der Waals surface area contributed by atoms with Gasteiger partial charge in [0.2, 0.25) is 10.0 Å². The molecule has 1 saturated heterocycles. The largest absolute Gasteiger partial charge is 0.399 e. The van der Waals surface area contributed by atoms with Gasteiger partial charge in [0.15, 0.2) is 0 Å². The van der Waals surface area contributed by atoms with Crippen LogP contribution in [0.15, 0.2) is 23.1 Å². The van der Waals surface area contributed by atoms with Crippen molar-refractivity contribution in [3.8, 4) is 0 Å². The average Bonchev–Trinajstić information content (AvgIpc) is 2.76. The van der Waals surface area contributed by atoms with Gasteiger partial charge in [-0.1, -0.05) is 0 Å². The summed E-state index contributed by atoms with van der Waals surface area (Å²) in [6.07, 6.45) is 1.30. The molecule has 1 aromatic rings. The number of anilines is 1. The molecule has 0 amide bonds. The van der Waals surface area contributed by atoms with E-state index in [1.807, 2.05) is 0 Å². The summed E-state index contributed by atoms with van der Waals surface area (Å²) < 4.78 is 39.0. The van der Waals surface area contributed by atoms with Gasteiger partial charge >= 0.3 is 0 Å². The maximum absolute atomic E-state index is 13.2. The molecular formula is C11H15FN2O3S. The number of hydrogen-bond acceptors (Lipinski definition) is 4. The Morgan fingerprint density at radius 2 is 2.17 bits per heavy atom. The van der Waals surface area contributed by atoms with Crippen LogP contribution < -0.4 is 5.73 Å². The number of aliphatic hydroxyl groups excluding tert-OH is 1. The van der Waals surface area contributed by atoms with Crippen molar-refractivity contribution < 1.29 is 17.9 Å². The molecule has 1 heterocycles. The molecule has 0 spiro atoms. The fourth-order valence-corrected chi connectivity index (χ4v) is 3.93. The monoisotopic (exact) mass is 274 g/mol. The fraction of sp³-hybridized carbons (Fsp3) is 0.455. The van der Waals surface area contributed by atoms with E-state index < -0.39 is 21.9 Å². The highest BCUT2D eigenvalue weighted by Crippen LogP contribution is 2.27. The molecule has 1 aliphatic rings. The normalized spacial score (nSPS) is 21.3. The van der Waals surface area contributed by atoms with E-state index in [0.717, 1.165) is 12.1 Å². The first-order chi connectivity index (χ1) is 8.45. The Kier molecular flexibility index (Phi) is 3.56. The van der Waals surface area contributed by atoms with Crippen LogP contribution in [-0.2, 0) is 10.0 Å². The van der Waals surface area contributed by atoms with Gasteiger partial charge in [0.1, 0.15) is 5.82 Å². The standard InChI is InChI=1S/C11H15FN2O3S/c12-8-4-9(13)6-11(5-8)18(16,17)14-3-1-2-10(14)7-15/h4-6,10,15H,1-3,7,13H2. The zero-order valence-electron chi connectivity index (χ0n) is 9.71. The van der Waals surface area contributed by atoms with E-state index in [2.05, 4.69) is 0 Å². The third-order valence-corrected chi connectivity index (χ3v) is 4.96. The Morgan fingerprint density at radius 1 is 1.44 bits per heavy atom. The molecule has 5 nitrogen and oxygen atoms in total. The summed E-state index contributed by atoms with van der Waals surface area (Å²) in [4.78, 5) is -0.166. The van der Waals surface area contributed by atoms with Crippen molar-refractivity contribution in [2.45, 2.75) is 23.8 Å². The molecule has 0 bridgehead atoms. The van der Waals surface area contributed by atoms with Gasteiger partial charge in [-0.05, 0) is 31.0 Å². The van der Waals surface area contributed by atoms with Gasteiger partial charge in [-0.3, -0.25) is 0 Å². The summed E-state index contributed by atoms with van der Waals surface area (Å²) in [5.41, 5.74) is 5.51. The lowest BCUT2D eigenvalue weighted by atomic mass is 10.2. The van der Waals surface area contributed by atoms with Crippen LogP contribution in [0, 0.1) is 5.82 Å². The SMILES string of the molecule is Nc1cc(F)cc(S(=O)(=O)N2CCCC2CO)c1. The van der Waals surface area contributed by atoms with Gasteiger partial charge in [-0.15, -0.1) is 0 Å². The molecule has 0 radical (unpaired) electrons. The zero-order chi connectivity index (χ0) is 13.3. The maximum atomic E-state index is 13.2. The first-order valence-corrected chi connectivity index (χ1v) is 7.08. The van der Waals surface area contributed by atoms with Crippen LogP contribution in [0.2, 0.25) is 0 Å². The van der Waals surface area contributed by atoms with Gasteiger partial charge < -0.3 is 10.8 Å². The second-order valence-electron chi connectivity index (χ2n) is 4.31. The minimum absolute atomic E-state index is 0.0633. The summed E-state index contributed by atoms with van der Waals surface area (Å²) in [5.74, 6) is -0.687. The molecule has 1 fully saturated rings. The Morgan fingerprint density at radius 3 is 2.78 bits per heavy atom. The third-order valence-electron chi connectivity index (χ3n) is 3.03. The number of benzene rings is 1. The van der Waals surface area contributed by atoms with Crippen LogP contribution in [0.25, 0.3) is 0 Å². The average molecular weight is 274 g/mol. The number of rotatable bonds is 3. The van der Waals surface area contributed by atoms with E-state index in [1.54, 1.807) is 0 Å². The number of hydrogen-bond donors (Lipinski definition) is 2. The molecule has 100 valence electrons. The van der Waals surface area contributed by atoms with Gasteiger partial charge in [-0.2, -0.15) is 4.31 Å².